The molecule has 0 bridgehead atoms. The molecule has 2 aromatic rings. The third-order valence-electron chi connectivity index (χ3n) is 2.79. The zero-order chi connectivity index (χ0) is 13.8. The number of anilines is 1. The number of hydrogen-bond acceptors (Lipinski definition) is 4. The van der Waals surface area contributed by atoms with Crippen LogP contribution in [-0.2, 0) is 9.47 Å². The van der Waals surface area contributed by atoms with Crippen molar-refractivity contribution in [2.75, 3.05) is 18.9 Å². The van der Waals surface area contributed by atoms with Crippen molar-refractivity contribution in [3.63, 3.8) is 0 Å². The Bertz CT molecular complexity index is 577. The minimum absolute atomic E-state index is 0.272. The molecule has 0 spiro atoms. The molecule has 0 amide bonds. The summed E-state index contributed by atoms with van der Waals surface area (Å²) in [6.07, 6.45) is 1.37. The Morgan fingerprint density at radius 3 is 3.00 bits per heavy atom. The van der Waals surface area contributed by atoms with Crippen LogP contribution in [0.1, 0.15) is 24.2 Å². The maximum atomic E-state index is 12.0. The van der Waals surface area contributed by atoms with Gasteiger partial charge in [0, 0.05) is 29.4 Å². The van der Waals surface area contributed by atoms with E-state index in [1.807, 2.05) is 13.0 Å². The summed E-state index contributed by atoms with van der Waals surface area (Å²) in [5, 5.41) is 0.808. The summed E-state index contributed by atoms with van der Waals surface area (Å²) in [6.45, 7) is 4.71. The highest BCUT2D eigenvalue weighted by Crippen LogP contribution is 2.21. The number of H-pyrrole nitrogens is 1. The lowest BCUT2D eigenvalue weighted by Gasteiger charge is -2.12. The molecule has 1 aromatic carbocycles. The van der Waals surface area contributed by atoms with Crippen molar-refractivity contribution in [2.45, 2.75) is 20.0 Å². The van der Waals surface area contributed by atoms with E-state index in [-0.39, 0.29) is 12.1 Å². The summed E-state index contributed by atoms with van der Waals surface area (Å²) in [4.78, 5) is 15.1. The van der Waals surface area contributed by atoms with Crippen LogP contribution in [0.4, 0.5) is 5.69 Å². The van der Waals surface area contributed by atoms with Crippen LogP contribution in [0.3, 0.4) is 0 Å². The molecule has 0 aliphatic rings. The first-order chi connectivity index (χ1) is 9.11. The third kappa shape index (κ3) is 3.06. The van der Waals surface area contributed by atoms with Gasteiger partial charge in [0.15, 0.2) is 0 Å². The Morgan fingerprint density at radius 2 is 2.26 bits per heavy atom. The highest BCUT2D eigenvalue weighted by Gasteiger charge is 2.16. The van der Waals surface area contributed by atoms with E-state index in [2.05, 4.69) is 4.98 Å². The number of benzene rings is 1. The number of nitrogens with two attached hydrogens (primary N) is 1. The van der Waals surface area contributed by atoms with E-state index in [9.17, 15) is 4.79 Å². The van der Waals surface area contributed by atoms with E-state index in [0.29, 0.717) is 24.5 Å². The first kappa shape index (κ1) is 13.4. The second-order valence-corrected chi connectivity index (χ2v) is 4.38. The summed E-state index contributed by atoms with van der Waals surface area (Å²) in [5.41, 5.74) is 7.68. The molecule has 1 heterocycles. The number of nitrogen functional groups attached to an aromatic ring is 1. The standard InChI is InChI=1S/C14H18N2O3/c1-3-18-8-9(2)19-14(17)12-7-16-13-6-10(15)4-5-11(12)13/h4-7,9,16H,3,8,15H2,1-2H3. The van der Waals surface area contributed by atoms with Crippen molar-refractivity contribution >= 4 is 22.6 Å². The zero-order valence-electron chi connectivity index (χ0n) is 11.1. The van der Waals surface area contributed by atoms with Gasteiger partial charge in [-0.2, -0.15) is 0 Å². The maximum absolute atomic E-state index is 12.0. The van der Waals surface area contributed by atoms with Gasteiger partial charge in [-0.15, -0.1) is 0 Å². The van der Waals surface area contributed by atoms with Crippen molar-refractivity contribution in [2.24, 2.45) is 0 Å². The number of hydrogen-bond donors (Lipinski definition) is 2. The van der Waals surface area contributed by atoms with Gasteiger partial charge in [-0.25, -0.2) is 4.79 Å². The van der Waals surface area contributed by atoms with Gasteiger partial charge in [0.2, 0.25) is 0 Å². The van der Waals surface area contributed by atoms with Gasteiger partial charge in [-0.05, 0) is 32.0 Å². The molecule has 1 unspecified atom stereocenters. The number of fused-ring (bicyclic) bond motifs is 1. The molecule has 5 nitrogen and oxygen atoms in total. The Labute approximate surface area is 111 Å². The lowest BCUT2D eigenvalue weighted by Crippen LogP contribution is -2.20. The van der Waals surface area contributed by atoms with Crippen molar-refractivity contribution < 1.29 is 14.3 Å². The molecule has 0 saturated heterocycles. The molecule has 0 fully saturated rings. The fraction of sp³-hybridized carbons (Fsp3) is 0.357. The van der Waals surface area contributed by atoms with Crippen molar-refractivity contribution in [3.05, 3.63) is 30.0 Å². The fourth-order valence-electron chi connectivity index (χ4n) is 1.88. The Kier molecular flexibility index (Phi) is 4.06. The molecule has 0 aliphatic heterocycles. The topological polar surface area (TPSA) is 77.3 Å². The van der Waals surface area contributed by atoms with Crippen LogP contribution < -0.4 is 5.73 Å². The lowest BCUT2D eigenvalue weighted by molar-refractivity contribution is 0.00458. The van der Waals surface area contributed by atoms with Gasteiger partial charge < -0.3 is 20.2 Å². The van der Waals surface area contributed by atoms with E-state index < -0.39 is 0 Å². The number of carbonyl (C=O) groups is 1. The van der Waals surface area contributed by atoms with Crippen LogP contribution in [0.2, 0.25) is 0 Å². The smallest absolute Gasteiger partial charge is 0.340 e. The molecular formula is C14H18N2O3. The minimum atomic E-state index is -0.358. The molecule has 1 aromatic heterocycles. The summed E-state index contributed by atoms with van der Waals surface area (Å²) in [6, 6.07) is 5.36. The van der Waals surface area contributed by atoms with Crippen LogP contribution in [0.25, 0.3) is 10.9 Å². The van der Waals surface area contributed by atoms with E-state index >= 15 is 0 Å². The van der Waals surface area contributed by atoms with Gasteiger partial charge in [-0.3, -0.25) is 0 Å². The molecule has 0 saturated carbocycles. The summed E-state index contributed by atoms with van der Waals surface area (Å²) >= 11 is 0. The predicted octanol–water partition coefficient (Wildman–Crippen LogP) is 2.33. The fourth-order valence-corrected chi connectivity index (χ4v) is 1.88. The van der Waals surface area contributed by atoms with Crippen molar-refractivity contribution in [1.29, 1.82) is 0 Å². The predicted molar refractivity (Wildman–Crippen MR) is 74.1 cm³/mol. The van der Waals surface area contributed by atoms with Crippen LogP contribution in [0.5, 0.6) is 0 Å². The maximum Gasteiger partial charge on any atom is 0.340 e. The lowest BCUT2D eigenvalue weighted by atomic mass is 10.1. The number of nitrogens with one attached hydrogen (secondary N) is 1. The Balaban J connectivity index is 2.13. The molecule has 5 heteroatoms. The Hall–Kier alpha value is -2.01. The zero-order valence-corrected chi connectivity index (χ0v) is 11.1. The molecule has 19 heavy (non-hydrogen) atoms. The second kappa shape index (κ2) is 5.75. The SMILES string of the molecule is CCOCC(C)OC(=O)c1c[nH]c2cc(N)ccc12. The number of esters is 1. The largest absolute Gasteiger partial charge is 0.457 e. The van der Waals surface area contributed by atoms with Gasteiger partial charge in [0.25, 0.3) is 0 Å². The average Bonchev–Trinajstić information content (AvgIpc) is 2.79. The number of aromatic nitrogens is 1. The van der Waals surface area contributed by atoms with Gasteiger partial charge in [-0.1, -0.05) is 0 Å². The van der Waals surface area contributed by atoms with Gasteiger partial charge >= 0.3 is 5.97 Å². The molecule has 3 N–H and O–H groups in total. The molecule has 2 rings (SSSR count). The third-order valence-corrected chi connectivity index (χ3v) is 2.79. The summed E-state index contributed by atoms with van der Waals surface area (Å²) < 4.78 is 10.5. The number of aromatic amines is 1. The number of ether oxygens (including phenoxy) is 2. The monoisotopic (exact) mass is 262 g/mol. The Morgan fingerprint density at radius 1 is 1.47 bits per heavy atom. The van der Waals surface area contributed by atoms with Crippen LogP contribution >= 0.6 is 0 Å². The van der Waals surface area contributed by atoms with Crippen molar-refractivity contribution in [3.8, 4) is 0 Å². The highest BCUT2D eigenvalue weighted by atomic mass is 16.6. The molecule has 1 atom stereocenters. The first-order valence-corrected chi connectivity index (χ1v) is 6.27. The van der Waals surface area contributed by atoms with E-state index in [1.165, 1.54) is 0 Å². The van der Waals surface area contributed by atoms with E-state index in [4.69, 9.17) is 15.2 Å². The minimum Gasteiger partial charge on any atom is -0.457 e. The number of rotatable bonds is 5. The highest BCUT2D eigenvalue weighted by molar-refractivity contribution is 6.04. The number of carbonyl (C=O) groups excluding carboxylic acids is 1. The molecule has 102 valence electrons. The van der Waals surface area contributed by atoms with Crippen LogP contribution in [-0.4, -0.2) is 30.3 Å². The summed E-state index contributed by atoms with van der Waals surface area (Å²) in [5.74, 6) is -0.358. The van der Waals surface area contributed by atoms with Crippen molar-refractivity contribution in [1.82, 2.24) is 4.98 Å². The van der Waals surface area contributed by atoms with Gasteiger partial charge in [0.1, 0.15) is 6.10 Å². The van der Waals surface area contributed by atoms with E-state index in [0.717, 1.165) is 10.9 Å². The average molecular weight is 262 g/mol. The normalized spacial score (nSPS) is 12.5. The van der Waals surface area contributed by atoms with Gasteiger partial charge in [0.05, 0.1) is 12.2 Å². The summed E-state index contributed by atoms with van der Waals surface area (Å²) in [7, 11) is 0. The van der Waals surface area contributed by atoms with Crippen LogP contribution in [0.15, 0.2) is 24.4 Å². The molecular weight excluding hydrogens is 244 g/mol. The quantitative estimate of drug-likeness (QED) is 0.640. The molecule has 0 radical (unpaired) electrons. The van der Waals surface area contributed by atoms with Crippen LogP contribution in [0, 0.1) is 0 Å². The second-order valence-electron chi connectivity index (χ2n) is 4.38. The first-order valence-electron chi connectivity index (χ1n) is 6.27. The molecule has 0 aliphatic carbocycles. The van der Waals surface area contributed by atoms with E-state index in [1.54, 1.807) is 25.3 Å².